The molecule has 0 bridgehead atoms. The van der Waals surface area contributed by atoms with E-state index in [1.807, 2.05) is 18.2 Å². The Morgan fingerprint density at radius 2 is 1.88 bits per heavy atom. The molecule has 2 atom stereocenters. The second-order valence-electron chi connectivity index (χ2n) is 11.1. The lowest BCUT2D eigenvalue weighted by Gasteiger charge is -2.44. The number of hydrogen-bond acceptors (Lipinski definition) is 11. The summed E-state index contributed by atoms with van der Waals surface area (Å²) in [6.07, 6.45) is 0.918. The smallest absolute Gasteiger partial charge is 0.322 e. The first-order chi connectivity index (χ1) is 19.7. The number of aromatic nitrogens is 3. The first-order valence-corrected chi connectivity index (χ1v) is 15.7. The van der Waals surface area contributed by atoms with Crippen LogP contribution < -0.4 is 10.6 Å². The third kappa shape index (κ3) is 5.14. The monoisotopic (exact) mass is 610 g/mol. The summed E-state index contributed by atoms with van der Waals surface area (Å²) in [5.74, 6) is -0.934. The van der Waals surface area contributed by atoms with Gasteiger partial charge in [0.2, 0.25) is 11.8 Å². The minimum Gasteiger partial charge on any atom is -0.423 e. The molecule has 2 unspecified atom stereocenters. The molecule has 4 heterocycles. The third-order valence-corrected chi connectivity index (χ3v) is 9.69. The fourth-order valence-corrected chi connectivity index (χ4v) is 7.62. The van der Waals surface area contributed by atoms with E-state index >= 15 is 0 Å². The highest BCUT2D eigenvalue weighted by atomic mass is 32.2. The van der Waals surface area contributed by atoms with E-state index in [1.165, 1.54) is 6.92 Å². The highest BCUT2D eigenvalue weighted by Crippen LogP contribution is 2.37. The van der Waals surface area contributed by atoms with Crippen LogP contribution in [0.3, 0.4) is 0 Å². The molecule has 4 aromatic rings. The van der Waals surface area contributed by atoms with Gasteiger partial charge in [-0.1, -0.05) is 18.2 Å². The Balaban J connectivity index is 1.28. The normalized spacial score (nSPS) is 20.7. The fraction of sp³-hybridized carbons (Fsp3) is 0.333. The number of β-amino-alcohol motifs (C(OH)–C–C–N with tert-alkyl or cyclic N) is 1. The number of nitrogens with zero attached hydrogens (tertiary/aromatic N) is 4. The second-order valence-corrected chi connectivity index (χ2v) is 14.3. The zero-order valence-electron chi connectivity index (χ0n) is 22.7. The molecule has 2 aromatic heterocycles. The molecule has 13 nitrogen and oxygen atoms in total. The molecule has 42 heavy (non-hydrogen) atoms. The number of sulfone groups is 1. The minimum atomic E-state index is -3.82. The Kier molecular flexibility index (Phi) is 6.44. The zero-order chi connectivity index (χ0) is 30.0. The molecule has 0 spiro atoms. The first-order valence-electron chi connectivity index (χ1n) is 12.9. The maximum absolute atomic E-state index is 12.9. The van der Waals surface area contributed by atoms with E-state index in [-0.39, 0.29) is 42.2 Å². The van der Waals surface area contributed by atoms with Gasteiger partial charge in [0.25, 0.3) is 11.8 Å². The van der Waals surface area contributed by atoms with Gasteiger partial charge in [-0.3, -0.25) is 14.9 Å². The summed E-state index contributed by atoms with van der Waals surface area (Å²) < 4.78 is 32.2. The van der Waals surface area contributed by atoms with E-state index in [1.54, 1.807) is 36.1 Å². The van der Waals surface area contributed by atoms with E-state index in [0.717, 1.165) is 28.7 Å². The average molecular weight is 611 g/mol. The number of fused-ring (bicyclic) bond motifs is 1. The molecular weight excluding hydrogens is 584 g/mol. The van der Waals surface area contributed by atoms with Crippen LogP contribution in [0.5, 0.6) is 0 Å². The summed E-state index contributed by atoms with van der Waals surface area (Å²) in [6, 6.07) is 12.0. The Bertz CT molecular complexity index is 1870. The number of aliphatic hydroxyl groups is 1. The van der Waals surface area contributed by atoms with Gasteiger partial charge in [-0.05, 0) is 49.2 Å². The number of rotatable bonds is 7. The van der Waals surface area contributed by atoms with E-state index in [0.29, 0.717) is 15.8 Å². The van der Waals surface area contributed by atoms with Crippen molar-refractivity contribution in [2.75, 3.05) is 19.3 Å². The summed E-state index contributed by atoms with van der Waals surface area (Å²) >= 11 is 1.16. The summed E-state index contributed by atoms with van der Waals surface area (Å²) in [7, 11) is -3.82. The maximum Gasteiger partial charge on any atom is 0.322 e. The predicted molar refractivity (Wildman–Crippen MR) is 151 cm³/mol. The molecule has 3 N–H and O–H groups in total. The summed E-state index contributed by atoms with van der Waals surface area (Å²) in [5, 5.41) is 21.4. The van der Waals surface area contributed by atoms with Gasteiger partial charge in [0.05, 0.1) is 35.3 Å². The van der Waals surface area contributed by atoms with E-state index < -0.39 is 38.2 Å². The summed E-state index contributed by atoms with van der Waals surface area (Å²) in [4.78, 5) is 42.7. The van der Waals surface area contributed by atoms with Crippen LogP contribution >= 0.6 is 11.3 Å². The van der Waals surface area contributed by atoms with Crippen molar-refractivity contribution < 1.29 is 32.3 Å². The number of likely N-dealkylation sites (tertiary alicyclic amines) is 1. The molecule has 2 saturated heterocycles. The number of nitrogens with one attached hydrogen (secondary N) is 2. The molecule has 4 amide bonds. The Hall–Kier alpha value is -4.21. The van der Waals surface area contributed by atoms with Crippen LogP contribution in [0.25, 0.3) is 21.3 Å². The van der Waals surface area contributed by atoms with Crippen molar-refractivity contribution in [3.05, 3.63) is 64.8 Å². The van der Waals surface area contributed by atoms with Gasteiger partial charge in [0.1, 0.15) is 10.5 Å². The van der Waals surface area contributed by atoms with Gasteiger partial charge in [0, 0.05) is 11.8 Å². The maximum atomic E-state index is 12.9. The number of amides is 4. The lowest BCUT2D eigenvalue weighted by molar-refractivity contribution is -0.123. The summed E-state index contributed by atoms with van der Waals surface area (Å²) in [6.45, 7) is 3.74. The Labute approximate surface area is 243 Å². The van der Waals surface area contributed by atoms with Crippen LogP contribution in [0.4, 0.5) is 4.79 Å². The molecule has 2 fully saturated rings. The number of urea groups is 1. The lowest BCUT2D eigenvalue weighted by Crippen LogP contribution is -2.61. The SMILES string of the molecule is CC1(O)CN(C(=O)c2cccc(-c3ccc4nc(C(c5nnc(CC6(C)NC(=O)NC6=O)o5)S(C)(=O)=O)sc4c3)c2)C1. The first kappa shape index (κ1) is 27.9. The molecule has 2 aromatic carbocycles. The van der Waals surface area contributed by atoms with Gasteiger partial charge >= 0.3 is 6.03 Å². The van der Waals surface area contributed by atoms with Crippen molar-refractivity contribution in [2.24, 2.45) is 0 Å². The highest BCUT2D eigenvalue weighted by molar-refractivity contribution is 7.91. The quantitative estimate of drug-likeness (QED) is 0.261. The highest BCUT2D eigenvalue weighted by Gasteiger charge is 2.44. The van der Waals surface area contributed by atoms with Crippen molar-refractivity contribution >= 4 is 49.2 Å². The topological polar surface area (TPSA) is 185 Å². The fourth-order valence-electron chi connectivity index (χ4n) is 5.09. The number of carbonyl (C=O) groups is 3. The molecule has 2 aliphatic heterocycles. The van der Waals surface area contributed by atoms with Crippen molar-refractivity contribution in [1.82, 2.24) is 30.7 Å². The largest absolute Gasteiger partial charge is 0.423 e. The van der Waals surface area contributed by atoms with Crippen LogP contribution in [0.1, 0.15) is 46.2 Å². The number of carbonyl (C=O) groups excluding carboxylic acids is 3. The van der Waals surface area contributed by atoms with Crippen LogP contribution in [0.2, 0.25) is 0 Å². The van der Waals surface area contributed by atoms with Crippen LogP contribution in [0.15, 0.2) is 46.9 Å². The summed E-state index contributed by atoms with van der Waals surface area (Å²) in [5.41, 5.74) is 0.495. The van der Waals surface area contributed by atoms with Gasteiger partial charge in [-0.2, -0.15) is 0 Å². The molecule has 2 aliphatic rings. The van der Waals surface area contributed by atoms with Crippen LogP contribution in [-0.2, 0) is 21.1 Å². The van der Waals surface area contributed by atoms with Crippen molar-refractivity contribution in [1.29, 1.82) is 0 Å². The number of thiazole rings is 1. The predicted octanol–water partition coefficient (Wildman–Crippen LogP) is 1.83. The molecule has 0 aliphatic carbocycles. The third-order valence-electron chi connectivity index (χ3n) is 7.18. The van der Waals surface area contributed by atoms with E-state index in [2.05, 4.69) is 25.8 Å². The van der Waals surface area contributed by atoms with Crippen molar-refractivity contribution in [3.63, 3.8) is 0 Å². The second kappa shape index (κ2) is 9.68. The Morgan fingerprint density at radius 1 is 1.14 bits per heavy atom. The molecule has 0 saturated carbocycles. The van der Waals surface area contributed by atoms with Crippen LogP contribution in [0, 0.1) is 0 Å². The molecule has 0 radical (unpaired) electrons. The Morgan fingerprint density at radius 3 is 2.55 bits per heavy atom. The van der Waals surface area contributed by atoms with Gasteiger partial charge in [-0.25, -0.2) is 18.2 Å². The zero-order valence-corrected chi connectivity index (χ0v) is 24.4. The lowest BCUT2D eigenvalue weighted by atomic mass is 9.95. The van der Waals surface area contributed by atoms with Crippen molar-refractivity contribution in [3.8, 4) is 11.1 Å². The van der Waals surface area contributed by atoms with Gasteiger partial charge in [-0.15, -0.1) is 21.5 Å². The van der Waals surface area contributed by atoms with E-state index in [4.69, 9.17) is 4.42 Å². The molecule has 6 rings (SSSR count). The molecule has 15 heteroatoms. The van der Waals surface area contributed by atoms with Crippen molar-refractivity contribution in [2.45, 2.75) is 36.7 Å². The number of benzene rings is 2. The standard InChI is InChI=1S/C27H26N6O7S2/c1-26(37)12-33(13-26)23(34)16-6-4-5-14(9-16)15-7-8-17-18(10-15)41-22(28-17)20(42(3,38)39)21-32-31-19(40-21)11-27(2)24(35)29-25(36)30-27/h4-10,20,37H,11-13H2,1-3H3,(H2,29,30,35,36). The molecule has 218 valence electrons. The van der Waals surface area contributed by atoms with E-state index in [9.17, 15) is 27.9 Å². The van der Waals surface area contributed by atoms with Gasteiger partial charge < -0.3 is 19.7 Å². The number of hydrogen-bond donors (Lipinski definition) is 3. The number of imide groups is 1. The van der Waals surface area contributed by atoms with Crippen LogP contribution in [-0.4, -0.2) is 81.9 Å². The average Bonchev–Trinajstić information content (AvgIpc) is 3.58. The van der Waals surface area contributed by atoms with Gasteiger partial charge in [0.15, 0.2) is 15.1 Å². The molecular formula is C27H26N6O7S2. The minimum absolute atomic E-state index is 0.0156.